The minimum absolute atomic E-state index is 0.129. The summed E-state index contributed by atoms with van der Waals surface area (Å²) in [6.45, 7) is 0.374. The Labute approximate surface area is 133 Å². The number of hydrogen-bond acceptors (Lipinski definition) is 6. The maximum Gasteiger partial charge on any atom is 0.235 e. The van der Waals surface area contributed by atoms with Crippen molar-refractivity contribution in [3.8, 4) is 11.5 Å². The van der Waals surface area contributed by atoms with Gasteiger partial charge in [0, 0.05) is 26.0 Å². The minimum Gasteiger partial charge on any atom is -0.454 e. The lowest BCUT2D eigenvalue weighted by molar-refractivity contribution is -0.118. The SMILES string of the molecule is Cn1ccnc1S(=O)(=O)CC(=O)NCc1ccc2c(c1)OCO2. The van der Waals surface area contributed by atoms with Crippen molar-refractivity contribution in [1.29, 1.82) is 0 Å². The zero-order valence-electron chi connectivity index (χ0n) is 12.4. The maximum absolute atomic E-state index is 12.1. The zero-order valence-corrected chi connectivity index (χ0v) is 13.2. The third-order valence-corrected chi connectivity index (χ3v) is 4.89. The predicted molar refractivity (Wildman–Crippen MR) is 79.7 cm³/mol. The van der Waals surface area contributed by atoms with Crippen LogP contribution in [-0.4, -0.2) is 36.4 Å². The van der Waals surface area contributed by atoms with Crippen LogP contribution in [0.15, 0.2) is 35.7 Å². The van der Waals surface area contributed by atoms with Crippen LogP contribution in [0.3, 0.4) is 0 Å². The van der Waals surface area contributed by atoms with E-state index in [1.807, 2.05) is 0 Å². The Kier molecular flexibility index (Phi) is 3.95. The third-order valence-electron chi connectivity index (χ3n) is 3.30. The van der Waals surface area contributed by atoms with Crippen molar-refractivity contribution in [3.05, 3.63) is 36.2 Å². The molecular formula is C14H15N3O5S. The number of carbonyl (C=O) groups excluding carboxylic acids is 1. The van der Waals surface area contributed by atoms with Crippen molar-refractivity contribution in [2.24, 2.45) is 7.05 Å². The Morgan fingerprint density at radius 1 is 1.35 bits per heavy atom. The number of nitrogens with one attached hydrogen (secondary N) is 1. The van der Waals surface area contributed by atoms with Crippen LogP contribution in [0.5, 0.6) is 11.5 Å². The van der Waals surface area contributed by atoms with E-state index < -0.39 is 21.5 Å². The van der Waals surface area contributed by atoms with E-state index in [0.717, 1.165) is 5.56 Å². The highest BCUT2D eigenvalue weighted by molar-refractivity contribution is 7.91. The lowest BCUT2D eigenvalue weighted by Gasteiger charge is -2.07. The van der Waals surface area contributed by atoms with Gasteiger partial charge < -0.3 is 19.4 Å². The first-order valence-corrected chi connectivity index (χ1v) is 8.46. The van der Waals surface area contributed by atoms with Gasteiger partial charge in [0.15, 0.2) is 11.5 Å². The van der Waals surface area contributed by atoms with Gasteiger partial charge in [-0.1, -0.05) is 6.07 Å². The first-order valence-electron chi connectivity index (χ1n) is 6.81. The average Bonchev–Trinajstić information content (AvgIpc) is 3.12. The molecule has 3 rings (SSSR count). The topological polar surface area (TPSA) is 99.5 Å². The van der Waals surface area contributed by atoms with Crippen molar-refractivity contribution in [2.45, 2.75) is 11.7 Å². The largest absolute Gasteiger partial charge is 0.454 e. The predicted octanol–water partition coefficient (Wildman–Crippen LogP) is 0.239. The van der Waals surface area contributed by atoms with Crippen molar-refractivity contribution in [2.75, 3.05) is 12.5 Å². The molecule has 0 fully saturated rings. The highest BCUT2D eigenvalue weighted by atomic mass is 32.2. The summed E-state index contributed by atoms with van der Waals surface area (Å²) >= 11 is 0. The van der Waals surface area contributed by atoms with E-state index in [9.17, 15) is 13.2 Å². The Morgan fingerprint density at radius 3 is 2.87 bits per heavy atom. The van der Waals surface area contributed by atoms with Crippen LogP contribution in [0.4, 0.5) is 0 Å². The average molecular weight is 337 g/mol. The first-order chi connectivity index (χ1) is 11.0. The molecule has 0 atom stereocenters. The Morgan fingerprint density at radius 2 is 2.13 bits per heavy atom. The number of hydrogen-bond donors (Lipinski definition) is 1. The van der Waals surface area contributed by atoms with Crippen LogP contribution in [-0.2, 0) is 28.2 Å². The number of aryl methyl sites for hydroxylation is 1. The van der Waals surface area contributed by atoms with Crippen LogP contribution in [0, 0.1) is 0 Å². The molecule has 2 aromatic rings. The fraction of sp³-hybridized carbons (Fsp3) is 0.286. The molecule has 0 bridgehead atoms. The van der Waals surface area contributed by atoms with Crippen molar-refractivity contribution < 1.29 is 22.7 Å². The number of aromatic nitrogens is 2. The molecule has 2 heterocycles. The smallest absolute Gasteiger partial charge is 0.235 e. The Balaban J connectivity index is 1.61. The maximum atomic E-state index is 12.1. The second kappa shape index (κ2) is 5.92. The molecule has 0 unspecified atom stereocenters. The van der Waals surface area contributed by atoms with Crippen molar-refractivity contribution >= 4 is 15.7 Å². The van der Waals surface area contributed by atoms with Crippen molar-refractivity contribution in [1.82, 2.24) is 14.9 Å². The van der Waals surface area contributed by atoms with Crippen LogP contribution in [0.1, 0.15) is 5.56 Å². The fourth-order valence-electron chi connectivity index (χ4n) is 2.19. The lowest BCUT2D eigenvalue weighted by atomic mass is 10.2. The van der Waals surface area contributed by atoms with Gasteiger partial charge in [0.25, 0.3) is 0 Å². The molecule has 1 aromatic carbocycles. The van der Waals surface area contributed by atoms with Gasteiger partial charge in [0.1, 0.15) is 5.75 Å². The van der Waals surface area contributed by atoms with E-state index in [4.69, 9.17) is 9.47 Å². The molecule has 0 radical (unpaired) electrons. The van der Waals surface area contributed by atoms with Crippen LogP contribution in [0.25, 0.3) is 0 Å². The summed E-state index contributed by atoms with van der Waals surface area (Å²) in [5.41, 5.74) is 0.789. The molecule has 1 amide bonds. The lowest BCUT2D eigenvalue weighted by Crippen LogP contribution is -2.30. The number of ether oxygens (including phenoxy) is 2. The molecule has 9 heteroatoms. The second-order valence-corrected chi connectivity index (χ2v) is 6.93. The van der Waals surface area contributed by atoms with Gasteiger partial charge in [0.2, 0.25) is 27.7 Å². The summed E-state index contributed by atoms with van der Waals surface area (Å²) in [5.74, 6) is 0.0167. The highest BCUT2D eigenvalue weighted by Crippen LogP contribution is 2.32. The molecule has 1 aromatic heterocycles. The molecule has 0 saturated carbocycles. The summed E-state index contributed by atoms with van der Waals surface area (Å²) in [4.78, 5) is 15.7. The molecule has 1 aliphatic rings. The van der Waals surface area contributed by atoms with Gasteiger partial charge >= 0.3 is 0 Å². The van der Waals surface area contributed by atoms with Gasteiger partial charge in [-0.25, -0.2) is 13.4 Å². The summed E-state index contributed by atoms with van der Waals surface area (Å²) in [6, 6.07) is 5.27. The van der Waals surface area contributed by atoms with Crippen molar-refractivity contribution in [3.63, 3.8) is 0 Å². The summed E-state index contributed by atoms with van der Waals surface area (Å²) in [5, 5.41) is 2.45. The van der Waals surface area contributed by atoms with E-state index in [2.05, 4.69) is 10.3 Å². The number of fused-ring (bicyclic) bond motifs is 1. The minimum atomic E-state index is -3.77. The Hall–Kier alpha value is -2.55. The molecule has 1 aliphatic heterocycles. The number of carbonyl (C=O) groups is 1. The summed E-state index contributed by atoms with van der Waals surface area (Å²) < 4.78 is 36.0. The first kappa shape index (κ1) is 15.3. The number of rotatable bonds is 5. The highest BCUT2D eigenvalue weighted by Gasteiger charge is 2.23. The molecule has 0 saturated heterocycles. The quantitative estimate of drug-likeness (QED) is 0.839. The zero-order chi connectivity index (χ0) is 16.4. The van der Waals surface area contributed by atoms with E-state index in [1.165, 1.54) is 17.0 Å². The van der Waals surface area contributed by atoms with E-state index >= 15 is 0 Å². The number of imidazole rings is 1. The van der Waals surface area contributed by atoms with Gasteiger partial charge in [0.05, 0.1) is 0 Å². The van der Waals surface area contributed by atoms with Gasteiger partial charge in [-0.05, 0) is 17.7 Å². The Bertz CT molecular complexity index is 844. The molecular weight excluding hydrogens is 322 g/mol. The molecule has 0 aliphatic carbocycles. The van der Waals surface area contributed by atoms with Crippen LogP contribution >= 0.6 is 0 Å². The second-order valence-electron chi connectivity index (χ2n) is 5.04. The number of sulfone groups is 1. The van der Waals surface area contributed by atoms with E-state index in [1.54, 1.807) is 25.2 Å². The van der Waals surface area contributed by atoms with Crippen LogP contribution in [0.2, 0.25) is 0 Å². The van der Waals surface area contributed by atoms with E-state index in [-0.39, 0.29) is 18.5 Å². The monoisotopic (exact) mass is 337 g/mol. The molecule has 1 N–H and O–H groups in total. The van der Waals surface area contributed by atoms with Crippen LogP contribution < -0.4 is 14.8 Å². The van der Waals surface area contributed by atoms with Gasteiger partial charge in [-0.15, -0.1) is 0 Å². The normalized spacial score (nSPS) is 13.1. The molecule has 8 nitrogen and oxygen atoms in total. The third kappa shape index (κ3) is 3.29. The fourth-order valence-corrected chi connectivity index (χ4v) is 3.49. The van der Waals surface area contributed by atoms with Gasteiger partial charge in [-0.2, -0.15) is 0 Å². The molecule has 23 heavy (non-hydrogen) atoms. The number of amides is 1. The van der Waals surface area contributed by atoms with E-state index in [0.29, 0.717) is 11.5 Å². The standard InChI is InChI=1S/C14H15N3O5S/c1-17-5-4-15-14(17)23(19,20)8-13(18)16-7-10-2-3-11-12(6-10)22-9-21-11/h2-6H,7-9H2,1H3,(H,16,18). The molecule has 0 spiro atoms. The number of nitrogens with zero attached hydrogens (tertiary/aromatic N) is 2. The van der Waals surface area contributed by atoms with Gasteiger partial charge in [-0.3, -0.25) is 4.79 Å². The molecule has 122 valence electrons. The summed E-state index contributed by atoms with van der Waals surface area (Å²) in [6.07, 6.45) is 2.88. The number of benzene rings is 1. The summed E-state index contributed by atoms with van der Waals surface area (Å²) in [7, 11) is -2.21.